The molecule has 0 bridgehead atoms. The fraction of sp³-hybridized carbons (Fsp3) is 0.818. The second kappa shape index (κ2) is 7.60. The Morgan fingerprint density at radius 3 is 2.83 bits per heavy atom. The molecule has 2 atom stereocenters. The molecule has 1 fully saturated rings. The Bertz CT molecular complexity index is 301. The van der Waals surface area contributed by atoms with Gasteiger partial charge in [0.25, 0.3) is 0 Å². The first kappa shape index (κ1) is 15.3. The number of amides is 1. The maximum absolute atomic E-state index is 12.0. The molecule has 0 aromatic carbocycles. The first-order chi connectivity index (χ1) is 8.61. The van der Waals surface area contributed by atoms with Gasteiger partial charge in [0.15, 0.2) is 0 Å². The second-order valence-electron chi connectivity index (χ2n) is 4.07. The minimum absolute atomic E-state index is 0.0509. The number of aliphatic carboxylic acids is 1. The van der Waals surface area contributed by atoms with Crippen LogP contribution in [0.2, 0.25) is 0 Å². The van der Waals surface area contributed by atoms with Crippen LogP contribution in [0.5, 0.6) is 0 Å². The average Bonchev–Trinajstić information content (AvgIpc) is 2.73. The molecule has 0 aromatic heterocycles. The van der Waals surface area contributed by atoms with Gasteiger partial charge in [0.1, 0.15) is 12.6 Å². The summed E-state index contributed by atoms with van der Waals surface area (Å²) >= 11 is 1.52. The van der Waals surface area contributed by atoms with Crippen LogP contribution >= 0.6 is 11.8 Å². The summed E-state index contributed by atoms with van der Waals surface area (Å²) in [6.45, 7) is 2.58. The lowest BCUT2D eigenvalue weighted by molar-refractivity contribution is -0.151. The molecule has 104 valence electrons. The van der Waals surface area contributed by atoms with E-state index in [0.29, 0.717) is 18.9 Å². The fourth-order valence-electron chi connectivity index (χ4n) is 1.87. The summed E-state index contributed by atoms with van der Waals surface area (Å²) in [5.74, 6) is -0.768. The lowest BCUT2D eigenvalue weighted by Gasteiger charge is -2.27. The summed E-state index contributed by atoms with van der Waals surface area (Å²) in [7, 11) is 0. The molecule has 1 saturated heterocycles. The number of rotatable bonds is 7. The maximum Gasteiger partial charge on any atom is 0.327 e. The van der Waals surface area contributed by atoms with Crippen molar-refractivity contribution in [1.29, 1.82) is 0 Å². The molecule has 3 N–H and O–H groups in total. The zero-order chi connectivity index (χ0) is 13.5. The monoisotopic (exact) mass is 276 g/mol. The van der Waals surface area contributed by atoms with Gasteiger partial charge in [0.2, 0.25) is 5.91 Å². The molecule has 0 spiro atoms. The molecule has 1 heterocycles. The molecule has 0 radical (unpaired) electrons. The second-order valence-corrected chi connectivity index (χ2v) is 5.28. The third-order valence-corrected chi connectivity index (χ3v) is 4.04. The van der Waals surface area contributed by atoms with Crippen LogP contribution in [0.1, 0.15) is 19.8 Å². The molecule has 18 heavy (non-hydrogen) atoms. The van der Waals surface area contributed by atoms with E-state index in [0.717, 1.165) is 12.8 Å². The summed E-state index contributed by atoms with van der Waals surface area (Å²) in [4.78, 5) is 24.6. The van der Waals surface area contributed by atoms with Crippen LogP contribution in [0.25, 0.3) is 0 Å². The summed E-state index contributed by atoms with van der Waals surface area (Å²) in [6.07, 6.45) is 1.72. The molecule has 7 heteroatoms. The van der Waals surface area contributed by atoms with Crippen LogP contribution in [-0.4, -0.2) is 58.8 Å². The molecule has 1 rings (SSSR count). The minimum atomic E-state index is -0.951. The Kier molecular flexibility index (Phi) is 6.45. The first-order valence-electron chi connectivity index (χ1n) is 6.05. The first-order valence-corrected chi connectivity index (χ1v) is 7.10. The summed E-state index contributed by atoms with van der Waals surface area (Å²) in [5.41, 5.74) is 5.27. The Morgan fingerprint density at radius 2 is 2.28 bits per heavy atom. The van der Waals surface area contributed by atoms with Crippen molar-refractivity contribution < 1.29 is 19.4 Å². The van der Waals surface area contributed by atoms with Crippen molar-refractivity contribution in [2.45, 2.75) is 31.2 Å². The number of carboxylic acid groups (broad SMARTS) is 1. The van der Waals surface area contributed by atoms with Gasteiger partial charge in [-0.3, -0.25) is 4.79 Å². The lowest BCUT2D eigenvalue weighted by atomic mass is 10.2. The number of hydrogen-bond acceptors (Lipinski definition) is 5. The largest absolute Gasteiger partial charge is 0.480 e. The highest BCUT2D eigenvalue weighted by Gasteiger charge is 2.40. The van der Waals surface area contributed by atoms with Crippen molar-refractivity contribution in [3.63, 3.8) is 0 Å². The van der Waals surface area contributed by atoms with Gasteiger partial charge in [-0.25, -0.2) is 4.79 Å². The lowest BCUT2D eigenvalue weighted by Crippen LogP contribution is -2.47. The number of ether oxygens (including phenoxy) is 1. The normalized spacial score (nSPS) is 23.3. The van der Waals surface area contributed by atoms with Crippen LogP contribution < -0.4 is 5.73 Å². The topological polar surface area (TPSA) is 92.9 Å². The third kappa shape index (κ3) is 3.86. The summed E-state index contributed by atoms with van der Waals surface area (Å²) in [5, 5.41) is 9.07. The molecule has 0 saturated carbocycles. The van der Waals surface area contributed by atoms with Crippen molar-refractivity contribution in [3.05, 3.63) is 0 Å². The Balaban J connectivity index is 2.63. The number of carbonyl (C=O) groups excluding carboxylic acids is 1. The highest BCUT2D eigenvalue weighted by Crippen LogP contribution is 2.32. The summed E-state index contributed by atoms with van der Waals surface area (Å²) < 4.78 is 5.09. The number of nitrogens with two attached hydrogens (primary N) is 1. The van der Waals surface area contributed by atoms with Crippen molar-refractivity contribution in [2.24, 2.45) is 5.73 Å². The number of nitrogens with zero attached hydrogens (tertiary/aromatic N) is 1. The zero-order valence-electron chi connectivity index (χ0n) is 10.5. The van der Waals surface area contributed by atoms with Crippen LogP contribution in [0, 0.1) is 0 Å². The Labute approximate surface area is 111 Å². The highest BCUT2D eigenvalue weighted by molar-refractivity contribution is 8.00. The van der Waals surface area contributed by atoms with Gasteiger partial charge in [-0.05, 0) is 6.42 Å². The van der Waals surface area contributed by atoms with E-state index in [2.05, 4.69) is 0 Å². The predicted molar refractivity (Wildman–Crippen MR) is 69.3 cm³/mol. The number of thioether (sulfide) groups is 1. The van der Waals surface area contributed by atoms with Crippen LogP contribution in [0.15, 0.2) is 0 Å². The van der Waals surface area contributed by atoms with E-state index < -0.39 is 12.0 Å². The van der Waals surface area contributed by atoms with Gasteiger partial charge in [0, 0.05) is 12.3 Å². The molecule has 1 amide bonds. The third-order valence-electron chi connectivity index (χ3n) is 2.69. The maximum atomic E-state index is 12.0. The molecular formula is C11H20N2O4S. The quantitative estimate of drug-likeness (QED) is 0.641. The standard InChI is InChI=1S/C11H20N2O4S/c1-2-3-10-13(8(7-18-10)11(15)16)9(14)6-17-5-4-12/h8,10H,2-7,12H2,1H3,(H,15,16). The van der Waals surface area contributed by atoms with E-state index in [1.165, 1.54) is 16.7 Å². The molecule has 1 aliphatic rings. The van der Waals surface area contributed by atoms with Gasteiger partial charge >= 0.3 is 5.97 Å². The number of hydrogen-bond donors (Lipinski definition) is 2. The van der Waals surface area contributed by atoms with Crippen molar-refractivity contribution >= 4 is 23.6 Å². The average molecular weight is 276 g/mol. The zero-order valence-corrected chi connectivity index (χ0v) is 11.3. The van der Waals surface area contributed by atoms with Gasteiger partial charge < -0.3 is 20.5 Å². The molecular weight excluding hydrogens is 256 g/mol. The Hall–Kier alpha value is -0.790. The van der Waals surface area contributed by atoms with E-state index >= 15 is 0 Å². The number of carbonyl (C=O) groups is 2. The molecule has 0 aliphatic carbocycles. The number of carboxylic acids is 1. The smallest absolute Gasteiger partial charge is 0.327 e. The molecule has 6 nitrogen and oxygen atoms in total. The van der Waals surface area contributed by atoms with Crippen molar-refractivity contribution in [2.75, 3.05) is 25.5 Å². The SMILES string of the molecule is CCCC1SCC(C(=O)O)N1C(=O)COCCN. The van der Waals surface area contributed by atoms with Gasteiger partial charge in [-0.1, -0.05) is 13.3 Å². The minimum Gasteiger partial charge on any atom is -0.480 e. The van der Waals surface area contributed by atoms with E-state index in [-0.39, 0.29) is 17.9 Å². The fourth-order valence-corrected chi connectivity index (χ4v) is 3.41. The van der Waals surface area contributed by atoms with Gasteiger partial charge in [-0.15, -0.1) is 11.8 Å². The van der Waals surface area contributed by atoms with E-state index in [1.54, 1.807) is 0 Å². The van der Waals surface area contributed by atoms with E-state index in [9.17, 15) is 9.59 Å². The summed E-state index contributed by atoms with van der Waals surface area (Å²) in [6, 6.07) is -0.736. The van der Waals surface area contributed by atoms with Gasteiger partial charge in [0.05, 0.1) is 12.0 Å². The van der Waals surface area contributed by atoms with E-state index in [4.69, 9.17) is 15.6 Å². The molecule has 0 aromatic rings. The Morgan fingerprint density at radius 1 is 1.56 bits per heavy atom. The van der Waals surface area contributed by atoms with Crippen molar-refractivity contribution in [1.82, 2.24) is 4.90 Å². The van der Waals surface area contributed by atoms with Gasteiger partial charge in [-0.2, -0.15) is 0 Å². The van der Waals surface area contributed by atoms with Crippen LogP contribution in [-0.2, 0) is 14.3 Å². The van der Waals surface area contributed by atoms with E-state index in [1.807, 2.05) is 6.92 Å². The van der Waals surface area contributed by atoms with Crippen LogP contribution in [0.4, 0.5) is 0 Å². The van der Waals surface area contributed by atoms with Crippen molar-refractivity contribution in [3.8, 4) is 0 Å². The molecule has 1 aliphatic heterocycles. The highest BCUT2D eigenvalue weighted by atomic mass is 32.2. The predicted octanol–water partition coefficient (Wildman–Crippen LogP) is 0.117. The molecule has 2 unspecified atom stereocenters. The van der Waals surface area contributed by atoms with Crippen LogP contribution in [0.3, 0.4) is 0 Å².